The lowest BCUT2D eigenvalue weighted by molar-refractivity contribution is 0.389. The zero-order valence-corrected chi connectivity index (χ0v) is 15.5. The van der Waals surface area contributed by atoms with Gasteiger partial charge in [-0.1, -0.05) is 6.07 Å². The number of ether oxygens (including phenoxy) is 2. The minimum Gasteiger partial charge on any atom is -0.496 e. The van der Waals surface area contributed by atoms with Crippen LogP contribution in [0.5, 0.6) is 11.5 Å². The molecular weight excluding hydrogens is 386 g/mol. The Kier molecular flexibility index (Phi) is 4.31. The van der Waals surface area contributed by atoms with Gasteiger partial charge < -0.3 is 19.8 Å². The van der Waals surface area contributed by atoms with Gasteiger partial charge in [0.05, 0.1) is 23.1 Å². The van der Waals surface area contributed by atoms with Crippen LogP contribution in [0.25, 0.3) is 0 Å². The maximum absolute atomic E-state index is 12.9. The summed E-state index contributed by atoms with van der Waals surface area (Å²) in [5.74, 6) is 0.451. The van der Waals surface area contributed by atoms with Crippen molar-refractivity contribution >= 4 is 15.9 Å². The lowest BCUT2D eigenvalue weighted by atomic mass is 9.84. The number of nitrogens with two attached hydrogens (primary N) is 1. The smallest absolute Gasteiger partial charge is 0.258 e. The van der Waals surface area contributed by atoms with E-state index in [-0.39, 0.29) is 17.0 Å². The Morgan fingerprint density at radius 3 is 2.72 bits per heavy atom. The van der Waals surface area contributed by atoms with Gasteiger partial charge >= 0.3 is 0 Å². The van der Waals surface area contributed by atoms with Gasteiger partial charge in [0, 0.05) is 18.8 Å². The number of allylic oxidation sites excluding steroid dienone is 1. The lowest BCUT2D eigenvalue weighted by Crippen LogP contribution is -2.31. The van der Waals surface area contributed by atoms with E-state index < -0.39 is 5.92 Å². The molecule has 0 spiro atoms. The predicted molar refractivity (Wildman–Crippen MR) is 96.4 cm³/mol. The summed E-state index contributed by atoms with van der Waals surface area (Å²) in [5.41, 5.74) is 7.84. The average molecular weight is 402 g/mol. The van der Waals surface area contributed by atoms with Crippen molar-refractivity contribution in [1.29, 1.82) is 5.26 Å². The first-order valence-corrected chi connectivity index (χ1v) is 8.29. The van der Waals surface area contributed by atoms with Crippen LogP contribution >= 0.6 is 15.9 Å². The van der Waals surface area contributed by atoms with Gasteiger partial charge in [-0.2, -0.15) is 5.26 Å². The van der Waals surface area contributed by atoms with Crippen LogP contribution in [-0.4, -0.2) is 11.7 Å². The second-order valence-corrected chi connectivity index (χ2v) is 6.60. The molecule has 0 bridgehead atoms. The van der Waals surface area contributed by atoms with E-state index in [0.717, 1.165) is 15.7 Å². The predicted octanol–water partition coefficient (Wildman–Crippen LogP) is 2.68. The van der Waals surface area contributed by atoms with Gasteiger partial charge in [-0.3, -0.25) is 4.79 Å². The van der Waals surface area contributed by atoms with Gasteiger partial charge in [-0.25, -0.2) is 0 Å². The zero-order valence-electron chi connectivity index (χ0n) is 14.0. The van der Waals surface area contributed by atoms with Crippen molar-refractivity contribution in [2.75, 3.05) is 7.11 Å². The topological polar surface area (TPSA) is 90.3 Å². The Bertz CT molecular complexity index is 1000. The molecule has 1 aliphatic rings. The molecule has 0 radical (unpaired) electrons. The molecule has 1 aromatic carbocycles. The van der Waals surface area contributed by atoms with Crippen LogP contribution < -0.4 is 20.8 Å². The van der Waals surface area contributed by atoms with Crippen LogP contribution in [-0.2, 0) is 7.05 Å². The molecule has 1 unspecified atom stereocenters. The van der Waals surface area contributed by atoms with Crippen LogP contribution in [0, 0.1) is 18.3 Å². The number of fused-ring (bicyclic) bond motifs is 1. The molecule has 0 aliphatic carbocycles. The molecule has 3 rings (SSSR count). The van der Waals surface area contributed by atoms with Crippen LogP contribution in [0.2, 0.25) is 0 Å². The molecule has 7 heteroatoms. The monoisotopic (exact) mass is 401 g/mol. The van der Waals surface area contributed by atoms with E-state index in [4.69, 9.17) is 15.2 Å². The van der Waals surface area contributed by atoms with E-state index in [9.17, 15) is 10.1 Å². The number of aryl methyl sites for hydroxylation is 1. The van der Waals surface area contributed by atoms with Crippen molar-refractivity contribution in [3.8, 4) is 17.6 Å². The quantitative estimate of drug-likeness (QED) is 0.834. The summed E-state index contributed by atoms with van der Waals surface area (Å²) in [6.45, 7) is 1.81. The molecule has 128 valence electrons. The van der Waals surface area contributed by atoms with Gasteiger partial charge in [0.25, 0.3) is 5.56 Å². The number of methoxy groups -OCH3 is 1. The van der Waals surface area contributed by atoms with Gasteiger partial charge in [-0.15, -0.1) is 0 Å². The van der Waals surface area contributed by atoms with Crippen LogP contribution in [0.1, 0.15) is 22.7 Å². The summed E-state index contributed by atoms with van der Waals surface area (Å²) in [7, 11) is 3.26. The minimum absolute atomic E-state index is 0.0135. The molecule has 0 amide bonds. The first-order chi connectivity index (χ1) is 11.9. The number of rotatable bonds is 2. The molecule has 2 N–H and O–H groups in total. The van der Waals surface area contributed by atoms with Crippen LogP contribution in [0.4, 0.5) is 0 Å². The molecule has 1 aromatic heterocycles. The largest absolute Gasteiger partial charge is 0.496 e. The summed E-state index contributed by atoms with van der Waals surface area (Å²) in [4.78, 5) is 12.9. The Balaban J connectivity index is 2.32. The normalized spacial score (nSPS) is 16.0. The third kappa shape index (κ3) is 2.68. The number of hydrogen-bond donors (Lipinski definition) is 1. The lowest BCUT2D eigenvalue weighted by Gasteiger charge is -2.27. The van der Waals surface area contributed by atoms with E-state index >= 15 is 0 Å². The number of aromatic nitrogens is 1. The third-order valence-corrected chi connectivity index (χ3v) is 4.98. The van der Waals surface area contributed by atoms with Crippen molar-refractivity contribution in [1.82, 2.24) is 4.57 Å². The van der Waals surface area contributed by atoms with Crippen molar-refractivity contribution in [2.24, 2.45) is 12.8 Å². The number of nitriles is 1. The van der Waals surface area contributed by atoms with Crippen molar-refractivity contribution in [2.45, 2.75) is 12.8 Å². The summed E-state index contributed by atoms with van der Waals surface area (Å²) in [5, 5.41) is 9.59. The number of benzene rings is 1. The van der Waals surface area contributed by atoms with E-state index in [1.165, 1.54) is 4.57 Å². The molecule has 25 heavy (non-hydrogen) atoms. The van der Waals surface area contributed by atoms with Crippen molar-refractivity contribution < 1.29 is 9.47 Å². The molecule has 2 heterocycles. The molecule has 0 fully saturated rings. The highest BCUT2D eigenvalue weighted by atomic mass is 79.9. The number of halogens is 1. The molecule has 1 atom stereocenters. The van der Waals surface area contributed by atoms with Crippen LogP contribution in [0.3, 0.4) is 0 Å². The second-order valence-electron chi connectivity index (χ2n) is 5.75. The SMILES string of the molecule is COc1ccc(C2C(C#N)=C(N)Oc3cc(C)n(C)c(=O)c32)cc1Br. The van der Waals surface area contributed by atoms with Crippen molar-refractivity contribution in [3.05, 3.63) is 67.4 Å². The molecule has 0 saturated carbocycles. The summed E-state index contributed by atoms with van der Waals surface area (Å²) in [6, 6.07) is 9.25. The average Bonchev–Trinajstić information content (AvgIpc) is 2.58. The van der Waals surface area contributed by atoms with Gasteiger partial charge in [0.2, 0.25) is 5.88 Å². The standard InChI is InChI=1S/C18H16BrN3O3/c1-9-6-14-16(18(23)22(9)2)15(11(8-20)17(21)25-14)10-4-5-13(24-3)12(19)7-10/h4-7,15H,21H2,1-3H3. The maximum Gasteiger partial charge on any atom is 0.258 e. The summed E-state index contributed by atoms with van der Waals surface area (Å²) in [6.07, 6.45) is 0. The van der Waals surface area contributed by atoms with Crippen LogP contribution in [0.15, 0.2) is 45.0 Å². The second kappa shape index (κ2) is 6.30. The molecular formula is C18H16BrN3O3. The summed E-state index contributed by atoms with van der Waals surface area (Å²) < 4.78 is 13.1. The minimum atomic E-state index is -0.602. The highest BCUT2D eigenvalue weighted by Gasteiger charge is 2.34. The molecule has 1 aliphatic heterocycles. The third-order valence-electron chi connectivity index (χ3n) is 4.36. The molecule has 6 nitrogen and oxygen atoms in total. The first kappa shape index (κ1) is 17.1. The van der Waals surface area contributed by atoms with E-state index in [1.54, 1.807) is 26.3 Å². The fourth-order valence-corrected chi connectivity index (χ4v) is 3.49. The highest BCUT2D eigenvalue weighted by Crippen LogP contribution is 2.42. The molecule has 2 aromatic rings. The Morgan fingerprint density at radius 2 is 2.12 bits per heavy atom. The van der Waals surface area contributed by atoms with Crippen molar-refractivity contribution in [3.63, 3.8) is 0 Å². The van der Waals surface area contributed by atoms with E-state index in [2.05, 4.69) is 22.0 Å². The Morgan fingerprint density at radius 1 is 1.40 bits per heavy atom. The van der Waals surface area contributed by atoms with Gasteiger partial charge in [0.15, 0.2) is 0 Å². The zero-order chi connectivity index (χ0) is 18.3. The van der Waals surface area contributed by atoms with E-state index in [1.807, 2.05) is 19.1 Å². The Hall–Kier alpha value is -2.72. The maximum atomic E-state index is 12.9. The fourth-order valence-electron chi connectivity index (χ4n) is 2.94. The summed E-state index contributed by atoms with van der Waals surface area (Å²) >= 11 is 3.45. The fraction of sp³-hybridized carbons (Fsp3) is 0.222. The molecule has 0 saturated heterocycles. The van der Waals surface area contributed by atoms with Gasteiger partial charge in [-0.05, 0) is 40.5 Å². The number of nitrogens with zero attached hydrogens (tertiary/aromatic N) is 2. The number of pyridine rings is 1. The van der Waals surface area contributed by atoms with E-state index in [0.29, 0.717) is 17.1 Å². The Labute approximate surface area is 153 Å². The number of hydrogen-bond acceptors (Lipinski definition) is 5. The first-order valence-electron chi connectivity index (χ1n) is 7.50. The van der Waals surface area contributed by atoms with Gasteiger partial charge in [0.1, 0.15) is 23.1 Å². The highest BCUT2D eigenvalue weighted by molar-refractivity contribution is 9.10.